The molecule has 1 aromatic heterocycles. The molecule has 0 saturated carbocycles. The van der Waals surface area contributed by atoms with E-state index in [0.29, 0.717) is 22.1 Å². The lowest BCUT2D eigenvalue weighted by Crippen LogP contribution is -2.23. The highest BCUT2D eigenvalue weighted by atomic mass is 32.1. The largest absolute Gasteiger partial charge is 0.497 e. The van der Waals surface area contributed by atoms with E-state index in [1.54, 1.807) is 41.8 Å². The molecule has 0 N–H and O–H groups in total. The van der Waals surface area contributed by atoms with Crippen molar-refractivity contribution in [1.82, 2.24) is 4.98 Å². The first-order valence-corrected chi connectivity index (χ1v) is 9.18. The number of halogens is 1. The van der Waals surface area contributed by atoms with Gasteiger partial charge in [0, 0.05) is 12.3 Å². The Kier molecular flexibility index (Phi) is 6.00. The zero-order chi connectivity index (χ0) is 20.1. The quantitative estimate of drug-likeness (QED) is 0.576. The number of carbonyl (C=O) groups is 2. The summed E-state index contributed by atoms with van der Waals surface area (Å²) in [5.41, 5.74) is 0.926. The molecule has 0 aliphatic rings. The van der Waals surface area contributed by atoms with E-state index in [-0.39, 0.29) is 18.2 Å². The number of amides is 1. The van der Waals surface area contributed by atoms with Gasteiger partial charge in [-0.15, -0.1) is 11.3 Å². The van der Waals surface area contributed by atoms with Gasteiger partial charge in [0.05, 0.1) is 24.1 Å². The fourth-order valence-corrected chi connectivity index (χ4v) is 3.34. The molecule has 0 fully saturated rings. The van der Waals surface area contributed by atoms with Crippen molar-refractivity contribution < 1.29 is 23.5 Å². The minimum Gasteiger partial charge on any atom is -0.497 e. The van der Waals surface area contributed by atoms with Crippen LogP contribution < -0.4 is 9.64 Å². The molecule has 1 heterocycles. The Hall–Kier alpha value is -3.26. The first kappa shape index (κ1) is 19.5. The summed E-state index contributed by atoms with van der Waals surface area (Å²) >= 11 is 1.16. The van der Waals surface area contributed by atoms with Crippen LogP contribution in [0, 0.1) is 5.82 Å². The standard InChI is InChI=1S/C20H17FN2O4S/c1-13(24)23(18-9-4-3-8-17(18)21)20-22-15(12-28-20)11-27-19(25)14-6-5-7-16(10-14)26-2/h3-10,12H,11H2,1-2H3. The number of rotatable bonds is 6. The molecule has 3 rings (SSSR count). The van der Waals surface area contributed by atoms with Crippen molar-refractivity contribution in [3.63, 3.8) is 0 Å². The summed E-state index contributed by atoms with van der Waals surface area (Å²) in [6.07, 6.45) is 0. The van der Waals surface area contributed by atoms with E-state index < -0.39 is 11.8 Å². The van der Waals surface area contributed by atoms with E-state index in [1.165, 1.54) is 31.1 Å². The molecule has 0 bridgehead atoms. The molecule has 1 amide bonds. The van der Waals surface area contributed by atoms with Gasteiger partial charge in [-0.1, -0.05) is 18.2 Å². The van der Waals surface area contributed by atoms with Crippen LogP contribution in [0.2, 0.25) is 0 Å². The lowest BCUT2D eigenvalue weighted by Gasteiger charge is -2.18. The summed E-state index contributed by atoms with van der Waals surface area (Å²) in [4.78, 5) is 29.7. The van der Waals surface area contributed by atoms with Gasteiger partial charge < -0.3 is 9.47 Å². The number of hydrogen-bond donors (Lipinski definition) is 0. The lowest BCUT2D eigenvalue weighted by atomic mass is 10.2. The predicted molar refractivity (Wildman–Crippen MR) is 103 cm³/mol. The number of nitrogens with zero attached hydrogens (tertiary/aromatic N) is 2. The van der Waals surface area contributed by atoms with Crippen LogP contribution in [0.4, 0.5) is 15.2 Å². The van der Waals surface area contributed by atoms with Crippen molar-refractivity contribution in [2.75, 3.05) is 12.0 Å². The van der Waals surface area contributed by atoms with Crippen LogP contribution in [0.5, 0.6) is 5.75 Å². The highest BCUT2D eigenvalue weighted by Gasteiger charge is 2.21. The highest BCUT2D eigenvalue weighted by Crippen LogP contribution is 2.30. The van der Waals surface area contributed by atoms with Crippen molar-refractivity contribution in [2.24, 2.45) is 0 Å². The maximum atomic E-state index is 14.1. The second-order valence-corrected chi connectivity index (χ2v) is 6.57. The number of aromatic nitrogens is 1. The maximum absolute atomic E-state index is 14.1. The molecule has 0 spiro atoms. The number of thiazole rings is 1. The number of anilines is 2. The summed E-state index contributed by atoms with van der Waals surface area (Å²) < 4.78 is 24.5. The summed E-state index contributed by atoms with van der Waals surface area (Å²) in [6, 6.07) is 12.6. The third kappa shape index (κ3) is 4.34. The zero-order valence-corrected chi connectivity index (χ0v) is 16.0. The van der Waals surface area contributed by atoms with E-state index in [0.717, 1.165) is 11.3 Å². The number of benzene rings is 2. The molecule has 3 aromatic rings. The van der Waals surface area contributed by atoms with E-state index in [4.69, 9.17) is 9.47 Å². The smallest absolute Gasteiger partial charge is 0.338 e. The van der Waals surface area contributed by atoms with Gasteiger partial charge in [0.25, 0.3) is 0 Å². The van der Waals surface area contributed by atoms with Crippen LogP contribution in [-0.2, 0) is 16.1 Å². The van der Waals surface area contributed by atoms with Crippen LogP contribution in [0.3, 0.4) is 0 Å². The molecule has 0 unspecified atom stereocenters. The van der Waals surface area contributed by atoms with E-state index in [1.807, 2.05) is 0 Å². The molecule has 144 valence electrons. The van der Waals surface area contributed by atoms with Gasteiger partial charge in [0.15, 0.2) is 5.13 Å². The third-order valence-corrected chi connectivity index (χ3v) is 4.67. The van der Waals surface area contributed by atoms with Gasteiger partial charge in [0.1, 0.15) is 18.2 Å². The third-order valence-electron chi connectivity index (χ3n) is 3.80. The Bertz CT molecular complexity index is 1010. The van der Waals surface area contributed by atoms with Crippen molar-refractivity contribution >= 4 is 34.0 Å². The molecule has 8 heteroatoms. The summed E-state index contributed by atoms with van der Waals surface area (Å²) in [5, 5.41) is 1.95. The van der Waals surface area contributed by atoms with E-state index in [9.17, 15) is 14.0 Å². The van der Waals surface area contributed by atoms with Crippen molar-refractivity contribution in [3.05, 3.63) is 71.0 Å². The molecule has 0 radical (unpaired) electrons. The summed E-state index contributed by atoms with van der Waals surface area (Å²) in [6.45, 7) is 1.26. The van der Waals surface area contributed by atoms with Crippen LogP contribution in [0.1, 0.15) is 23.0 Å². The maximum Gasteiger partial charge on any atom is 0.338 e. The number of carbonyl (C=O) groups excluding carboxylic acids is 2. The molecule has 28 heavy (non-hydrogen) atoms. The number of methoxy groups -OCH3 is 1. The summed E-state index contributed by atoms with van der Waals surface area (Å²) in [7, 11) is 1.51. The Balaban J connectivity index is 1.73. The highest BCUT2D eigenvalue weighted by molar-refractivity contribution is 7.14. The van der Waals surface area contributed by atoms with Gasteiger partial charge in [-0.25, -0.2) is 14.2 Å². The van der Waals surface area contributed by atoms with Crippen LogP contribution in [0.25, 0.3) is 0 Å². The molecule has 6 nitrogen and oxygen atoms in total. The molecule has 0 atom stereocenters. The van der Waals surface area contributed by atoms with Crippen molar-refractivity contribution in [1.29, 1.82) is 0 Å². The molecule has 0 saturated heterocycles. The first-order valence-electron chi connectivity index (χ1n) is 8.30. The van der Waals surface area contributed by atoms with Crippen molar-refractivity contribution in [2.45, 2.75) is 13.5 Å². The molecule has 2 aromatic carbocycles. The van der Waals surface area contributed by atoms with E-state index >= 15 is 0 Å². The van der Waals surface area contributed by atoms with E-state index in [2.05, 4.69) is 4.98 Å². The fraction of sp³-hybridized carbons (Fsp3) is 0.150. The number of para-hydroxylation sites is 1. The molecular formula is C20H17FN2O4S. The second kappa shape index (κ2) is 8.62. The van der Waals surface area contributed by atoms with Gasteiger partial charge in [-0.2, -0.15) is 0 Å². The minimum absolute atomic E-state index is 0.0738. The van der Waals surface area contributed by atoms with Crippen molar-refractivity contribution in [3.8, 4) is 5.75 Å². The number of esters is 1. The van der Waals surface area contributed by atoms with Gasteiger partial charge in [-0.3, -0.25) is 9.69 Å². The fourth-order valence-electron chi connectivity index (χ4n) is 2.48. The lowest BCUT2D eigenvalue weighted by molar-refractivity contribution is -0.115. The Morgan fingerprint density at radius 1 is 1.18 bits per heavy atom. The van der Waals surface area contributed by atoms with Crippen LogP contribution in [0.15, 0.2) is 53.9 Å². The Morgan fingerprint density at radius 3 is 2.68 bits per heavy atom. The van der Waals surface area contributed by atoms with Gasteiger partial charge in [0.2, 0.25) is 5.91 Å². The molecular weight excluding hydrogens is 383 g/mol. The van der Waals surface area contributed by atoms with Crippen LogP contribution in [-0.4, -0.2) is 24.0 Å². The average molecular weight is 400 g/mol. The Morgan fingerprint density at radius 2 is 1.96 bits per heavy atom. The predicted octanol–water partition coefficient (Wildman–Crippen LogP) is 4.33. The normalized spacial score (nSPS) is 10.4. The minimum atomic E-state index is -0.529. The van der Waals surface area contributed by atoms with Crippen LogP contribution >= 0.6 is 11.3 Å². The average Bonchev–Trinajstić information content (AvgIpc) is 3.16. The second-order valence-electron chi connectivity index (χ2n) is 5.74. The number of hydrogen-bond acceptors (Lipinski definition) is 6. The zero-order valence-electron chi connectivity index (χ0n) is 15.2. The Labute approximate surface area is 165 Å². The van der Waals surface area contributed by atoms with Gasteiger partial charge in [-0.05, 0) is 30.3 Å². The molecule has 0 aliphatic carbocycles. The number of ether oxygens (including phenoxy) is 2. The van der Waals surface area contributed by atoms with Gasteiger partial charge >= 0.3 is 5.97 Å². The SMILES string of the molecule is COc1cccc(C(=O)OCc2csc(N(C(C)=O)c3ccccc3F)n2)c1. The molecule has 0 aliphatic heterocycles. The summed E-state index contributed by atoms with van der Waals surface area (Å²) in [5.74, 6) is -0.878. The topological polar surface area (TPSA) is 68.7 Å². The first-order chi connectivity index (χ1) is 13.5. The monoisotopic (exact) mass is 400 g/mol.